The van der Waals surface area contributed by atoms with Crippen LogP contribution in [-0.2, 0) is 4.79 Å². The number of carboxylic acid groups (broad SMARTS) is 1. The second-order valence-electron chi connectivity index (χ2n) is 4.51. The second-order valence-corrected chi connectivity index (χ2v) is 5.46. The number of rotatable bonds is 5. The van der Waals surface area contributed by atoms with Crippen molar-refractivity contribution in [2.45, 2.75) is 13.0 Å². The maximum Gasteiger partial charge on any atom is 0.328 e. The van der Waals surface area contributed by atoms with Gasteiger partial charge in [-0.1, -0.05) is 24.3 Å². The van der Waals surface area contributed by atoms with Crippen molar-refractivity contribution < 1.29 is 14.7 Å². The van der Waals surface area contributed by atoms with Gasteiger partial charge in [-0.05, 0) is 41.6 Å². The fourth-order valence-electron chi connectivity index (χ4n) is 1.86. The van der Waals surface area contributed by atoms with Crippen LogP contribution in [0, 0.1) is 0 Å². The molecule has 2 aromatic rings. The van der Waals surface area contributed by atoms with E-state index < -0.39 is 5.97 Å². The van der Waals surface area contributed by atoms with Crippen LogP contribution in [-0.4, -0.2) is 17.0 Å². The number of carbonyl (C=O) groups excluding carboxylic acids is 1. The summed E-state index contributed by atoms with van der Waals surface area (Å²) in [6, 6.07) is 10.9. The van der Waals surface area contributed by atoms with E-state index in [-0.39, 0.29) is 11.9 Å². The number of amides is 1. The molecule has 108 valence electrons. The molecule has 0 radical (unpaired) electrons. The Morgan fingerprint density at radius 3 is 2.76 bits per heavy atom. The first-order valence-electron chi connectivity index (χ1n) is 6.41. The minimum absolute atomic E-state index is 0.107. The van der Waals surface area contributed by atoms with E-state index in [0.717, 1.165) is 17.2 Å². The minimum Gasteiger partial charge on any atom is -0.478 e. The molecule has 0 bridgehead atoms. The Morgan fingerprint density at radius 1 is 1.29 bits per heavy atom. The molecular formula is C16H15NO3S. The van der Waals surface area contributed by atoms with E-state index in [9.17, 15) is 9.59 Å². The monoisotopic (exact) mass is 301 g/mol. The van der Waals surface area contributed by atoms with E-state index in [1.54, 1.807) is 6.07 Å². The van der Waals surface area contributed by atoms with Crippen LogP contribution in [0.15, 0.2) is 47.9 Å². The summed E-state index contributed by atoms with van der Waals surface area (Å²) >= 11 is 1.39. The molecule has 1 aromatic heterocycles. The summed E-state index contributed by atoms with van der Waals surface area (Å²) in [6.07, 6.45) is 2.62. The van der Waals surface area contributed by atoms with E-state index >= 15 is 0 Å². The molecule has 1 amide bonds. The number of carbonyl (C=O) groups is 2. The largest absolute Gasteiger partial charge is 0.478 e. The highest BCUT2D eigenvalue weighted by Crippen LogP contribution is 2.17. The number of carboxylic acids is 1. The summed E-state index contributed by atoms with van der Waals surface area (Å²) < 4.78 is 0. The molecular weight excluding hydrogens is 286 g/mol. The molecule has 0 aliphatic rings. The molecule has 5 heteroatoms. The van der Waals surface area contributed by atoms with Gasteiger partial charge in [0.25, 0.3) is 5.91 Å². The Bertz CT molecular complexity index is 662. The van der Waals surface area contributed by atoms with Gasteiger partial charge in [0.2, 0.25) is 0 Å². The third kappa shape index (κ3) is 4.29. The normalized spacial score (nSPS) is 12.2. The van der Waals surface area contributed by atoms with Gasteiger partial charge in [0.15, 0.2) is 0 Å². The third-order valence-electron chi connectivity index (χ3n) is 2.92. The molecule has 2 rings (SSSR count). The fraction of sp³-hybridized carbons (Fsp3) is 0.125. The zero-order valence-electron chi connectivity index (χ0n) is 11.4. The predicted molar refractivity (Wildman–Crippen MR) is 83.3 cm³/mol. The van der Waals surface area contributed by atoms with E-state index in [4.69, 9.17) is 5.11 Å². The summed E-state index contributed by atoms with van der Waals surface area (Å²) in [5.41, 5.74) is 1.71. The lowest BCUT2D eigenvalue weighted by Crippen LogP contribution is -2.25. The lowest BCUT2D eigenvalue weighted by Gasteiger charge is -2.14. The summed E-state index contributed by atoms with van der Waals surface area (Å²) in [5, 5.41) is 13.4. The Morgan fingerprint density at radius 2 is 2.10 bits per heavy atom. The van der Waals surface area contributed by atoms with Crippen LogP contribution in [0.2, 0.25) is 0 Å². The zero-order chi connectivity index (χ0) is 15.2. The number of hydrogen-bond acceptors (Lipinski definition) is 3. The van der Waals surface area contributed by atoms with Crippen molar-refractivity contribution in [2.75, 3.05) is 0 Å². The number of thiophene rings is 1. The topological polar surface area (TPSA) is 66.4 Å². The standard InChI is InChI=1S/C16H15NO3S/c1-11(17-16(20)14-6-3-9-21-14)13-5-2-4-12(10-13)7-8-15(18)19/h2-11H,1H3,(H,17,20)(H,18,19). The molecule has 1 atom stereocenters. The first-order chi connectivity index (χ1) is 10.1. The number of aliphatic carboxylic acids is 1. The summed E-state index contributed by atoms with van der Waals surface area (Å²) in [6.45, 7) is 1.89. The van der Waals surface area contributed by atoms with Gasteiger partial charge in [-0.3, -0.25) is 4.79 Å². The van der Waals surface area contributed by atoms with Gasteiger partial charge in [-0.2, -0.15) is 0 Å². The molecule has 1 heterocycles. The smallest absolute Gasteiger partial charge is 0.328 e. The molecule has 0 aliphatic carbocycles. The highest BCUT2D eigenvalue weighted by atomic mass is 32.1. The van der Waals surface area contributed by atoms with Gasteiger partial charge in [0.05, 0.1) is 10.9 Å². The van der Waals surface area contributed by atoms with Gasteiger partial charge in [-0.25, -0.2) is 4.79 Å². The second kappa shape index (κ2) is 6.85. The van der Waals surface area contributed by atoms with E-state index in [0.29, 0.717) is 4.88 Å². The number of nitrogens with one attached hydrogen (secondary N) is 1. The van der Waals surface area contributed by atoms with Crippen LogP contribution >= 0.6 is 11.3 Å². The minimum atomic E-state index is -0.987. The fourth-order valence-corrected chi connectivity index (χ4v) is 2.49. The van der Waals surface area contributed by atoms with Gasteiger partial charge >= 0.3 is 5.97 Å². The van der Waals surface area contributed by atoms with Crippen LogP contribution in [0.4, 0.5) is 0 Å². The highest BCUT2D eigenvalue weighted by molar-refractivity contribution is 7.12. The molecule has 2 N–H and O–H groups in total. The molecule has 0 aliphatic heterocycles. The lowest BCUT2D eigenvalue weighted by molar-refractivity contribution is -0.131. The van der Waals surface area contributed by atoms with Crippen molar-refractivity contribution in [3.63, 3.8) is 0 Å². The average molecular weight is 301 g/mol. The molecule has 0 spiro atoms. The molecule has 21 heavy (non-hydrogen) atoms. The SMILES string of the molecule is CC(NC(=O)c1cccs1)c1cccc(C=CC(=O)O)c1. The van der Waals surface area contributed by atoms with Crippen LogP contribution < -0.4 is 5.32 Å². The maximum absolute atomic E-state index is 12.0. The van der Waals surface area contributed by atoms with E-state index in [2.05, 4.69) is 5.32 Å². The summed E-state index contributed by atoms with van der Waals surface area (Å²) in [5.74, 6) is -1.09. The molecule has 0 fully saturated rings. The van der Waals surface area contributed by atoms with Crippen molar-refractivity contribution in [2.24, 2.45) is 0 Å². The van der Waals surface area contributed by atoms with Gasteiger partial charge in [-0.15, -0.1) is 11.3 Å². The first kappa shape index (κ1) is 15.0. The van der Waals surface area contributed by atoms with E-state index in [1.807, 2.05) is 42.6 Å². The highest BCUT2D eigenvalue weighted by Gasteiger charge is 2.12. The van der Waals surface area contributed by atoms with Crippen molar-refractivity contribution >= 4 is 29.3 Å². The van der Waals surface area contributed by atoms with Crippen molar-refractivity contribution in [3.05, 3.63) is 63.9 Å². The third-order valence-corrected chi connectivity index (χ3v) is 3.79. The van der Waals surface area contributed by atoms with Crippen molar-refractivity contribution in [3.8, 4) is 0 Å². The van der Waals surface area contributed by atoms with Crippen LogP contribution in [0.25, 0.3) is 6.08 Å². The predicted octanol–water partition coefficient (Wildman–Crippen LogP) is 3.34. The summed E-state index contributed by atoms with van der Waals surface area (Å²) in [4.78, 5) is 23.2. The lowest BCUT2D eigenvalue weighted by atomic mass is 10.0. The van der Waals surface area contributed by atoms with Gasteiger partial charge in [0.1, 0.15) is 0 Å². The molecule has 1 aromatic carbocycles. The molecule has 1 unspecified atom stereocenters. The van der Waals surface area contributed by atoms with Crippen LogP contribution in [0.1, 0.15) is 33.8 Å². The Kier molecular flexibility index (Phi) is 4.90. The van der Waals surface area contributed by atoms with Crippen LogP contribution in [0.3, 0.4) is 0 Å². The Balaban J connectivity index is 2.08. The maximum atomic E-state index is 12.0. The first-order valence-corrected chi connectivity index (χ1v) is 7.29. The summed E-state index contributed by atoms with van der Waals surface area (Å²) in [7, 11) is 0. The average Bonchev–Trinajstić information content (AvgIpc) is 2.99. The van der Waals surface area contributed by atoms with Gasteiger partial charge < -0.3 is 10.4 Å². The number of benzene rings is 1. The molecule has 0 saturated heterocycles. The molecule has 4 nitrogen and oxygen atoms in total. The quantitative estimate of drug-likeness (QED) is 0.832. The van der Waals surface area contributed by atoms with Crippen LogP contribution in [0.5, 0.6) is 0 Å². The Labute approximate surface area is 126 Å². The van der Waals surface area contributed by atoms with Crippen molar-refractivity contribution in [1.29, 1.82) is 0 Å². The number of hydrogen-bond donors (Lipinski definition) is 2. The zero-order valence-corrected chi connectivity index (χ0v) is 12.3. The van der Waals surface area contributed by atoms with Gasteiger partial charge in [0, 0.05) is 6.08 Å². The molecule has 0 saturated carbocycles. The van der Waals surface area contributed by atoms with Crippen molar-refractivity contribution in [1.82, 2.24) is 5.32 Å². The Hall–Kier alpha value is -2.40. The van der Waals surface area contributed by atoms with E-state index in [1.165, 1.54) is 17.4 Å².